The highest BCUT2D eigenvalue weighted by molar-refractivity contribution is 5.87. The molecule has 0 bridgehead atoms. The summed E-state index contributed by atoms with van der Waals surface area (Å²) in [6, 6.07) is 7.42. The van der Waals surface area contributed by atoms with Crippen LogP contribution in [-0.4, -0.2) is 5.78 Å². The maximum Gasteiger partial charge on any atom is 0.139 e. The van der Waals surface area contributed by atoms with Gasteiger partial charge in [-0.05, 0) is 84.8 Å². The molecule has 0 aromatic heterocycles. The number of hydrogen-bond donors (Lipinski definition) is 0. The minimum absolute atomic E-state index is 0.0159. The van der Waals surface area contributed by atoms with Crippen LogP contribution in [-0.2, 0) is 11.2 Å². The zero-order chi connectivity index (χ0) is 15.8. The van der Waals surface area contributed by atoms with Crippen LogP contribution in [0.15, 0.2) is 18.2 Å². The Balaban J connectivity index is 1.48. The van der Waals surface area contributed by atoms with Crippen molar-refractivity contribution in [2.45, 2.75) is 70.6 Å². The normalized spacial score (nSPS) is 44.4. The van der Waals surface area contributed by atoms with Crippen molar-refractivity contribution < 1.29 is 4.79 Å². The molecule has 5 rings (SSSR count). The molecular weight excluding hydrogens is 280 g/mol. The fourth-order valence-corrected chi connectivity index (χ4v) is 6.39. The molecule has 0 saturated heterocycles. The molecule has 4 aliphatic rings. The first-order chi connectivity index (χ1) is 11.1. The maximum absolute atomic E-state index is 12.4. The lowest BCUT2D eigenvalue weighted by molar-refractivity contribution is -0.129. The Morgan fingerprint density at radius 3 is 2.70 bits per heavy atom. The summed E-state index contributed by atoms with van der Waals surface area (Å²) in [6.07, 6.45) is 8.29. The maximum atomic E-state index is 12.4. The zero-order valence-electron chi connectivity index (χ0n) is 14.5. The van der Waals surface area contributed by atoms with E-state index in [-0.39, 0.29) is 5.41 Å². The van der Waals surface area contributed by atoms with Gasteiger partial charge in [-0.3, -0.25) is 4.79 Å². The van der Waals surface area contributed by atoms with Crippen LogP contribution in [0.5, 0.6) is 0 Å². The third kappa shape index (κ3) is 1.95. The lowest BCUT2D eigenvalue weighted by Crippen LogP contribution is -2.42. The minimum atomic E-state index is 0.0159. The molecule has 1 aromatic rings. The molecule has 0 heterocycles. The monoisotopic (exact) mass is 308 g/mol. The van der Waals surface area contributed by atoms with Crippen molar-refractivity contribution in [3.63, 3.8) is 0 Å². The van der Waals surface area contributed by atoms with Gasteiger partial charge in [0, 0.05) is 11.8 Å². The van der Waals surface area contributed by atoms with Crippen molar-refractivity contribution >= 4 is 5.78 Å². The van der Waals surface area contributed by atoms with E-state index in [9.17, 15) is 4.79 Å². The fourth-order valence-electron chi connectivity index (χ4n) is 6.39. The van der Waals surface area contributed by atoms with E-state index in [0.29, 0.717) is 11.7 Å². The Hall–Kier alpha value is -1.11. The molecule has 3 fully saturated rings. The van der Waals surface area contributed by atoms with E-state index in [1.165, 1.54) is 25.7 Å². The van der Waals surface area contributed by atoms with Gasteiger partial charge in [0.25, 0.3) is 0 Å². The highest BCUT2D eigenvalue weighted by Crippen LogP contribution is 2.59. The van der Waals surface area contributed by atoms with Gasteiger partial charge >= 0.3 is 0 Å². The van der Waals surface area contributed by atoms with Crippen molar-refractivity contribution in [2.75, 3.05) is 0 Å². The number of fused-ring (bicyclic) bond motifs is 5. The average Bonchev–Trinajstić information content (AvgIpc) is 3.21. The Bertz CT molecular complexity index is 675. The lowest BCUT2D eigenvalue weighted by atomic mass is 9.55. The molecule has 23 heavy (non-hydrogen) atoms. The summed E-state index contributed by atoms with van der Waals surface area (Å²) in [6.45, 7) is 4.65. The van der Waals surface area contributed by atoms with Crippen LogP contribution in [0.4, 0.5) is 0 Å². The summed E-state index contributed by atoms with van der Waals surface area (Å²) in [5, 5.41) is 0. The van der Waals surface area contributed by atoms with Gasteiger partial charge in [0.05, 0.1) is 0 Å². The summed E-state index contributed by atoms with van der Waals surface area (Å²) < 4.78 is 0. The van der Waals surface area contributed by atoms with Gasteiger partial charge < -0.3 is 0 Å². The van der Waals surface area contributed by atoms with Crippen LogP contribution in [0.25, 0.3) is 0 Å². The standard InChI is InChI=1S/C22H28O/c1-13-11-19(13)15-3-5-16-14(12-15)4-6-18-17(16)9-10-22(2)20(18)7-8-21(22)23/h3,5,12-13,17-20H,4,6-11H2,1-2H3/t13?,17-,18-,19?,20+,22+/m1/s1. The van der Waals surface area contributed by atoms with Gasteiger partial charge in [0.2, 0.25) is 0 Å². The van der Waals surface area contributed by atoms with Crippen molar-refractivity contribution in [3.05, 3.63) is 34.9 Å². The summed E-state index contributed by atoms with van der Waals surface area (Å²) in [5.41, 5.74) is 4.88. The van der Waals surface area contributed by atoms with Crippen molar-refractivity contribution in [2.24, 2.45) is 23.2 Å². The molecule has 1 heteroatoms. The molecule has 0 amide bonds. The number of carbonyl (C=O) groups is 1. The number of benzene rings is 1. The third-order valence-electron chi connectivity index (χ3n) is 8.00. The molecule has 1 nitrogen and oxygen atoms in total. The quantitative estimate of drug-likeness (QED) is 0.694. The van der Waals surface area contributed by atoms with E-state index in [0.717, 1.165) is 42.9 Å². The van der Waals surface area contributed by atoms with Crippen LogP contribution < -0.4 is 0 Å². The number of rotatable bonds is 1. The highest BCUT2D eigenvalue weighted by atomic mass is 16.1. The van der Waals surface area contributed by atoms with Gasteiger partial charge in [-0.25, -0.2) is 0 Å². The molecule has 4 aliphatic carbocycles. The van der Waals surface area contributed by atoms with Crippen LogP contribution in [0.2, 0.25) is 0 Å². The Morgan fingerprint density at radius 1 is 1.09 bits per heavy atom. The van der Waals surface area contributed by atoms with Crippen molar-refractivity contribution in [3.8, 4) is 0 Å². The number of Topliss-reactive ketones (excluding diaryl/α,β-unsaturated/α-hetero) is 1. The fraction of sp³-hybridized carbons (Fsp3) is 0.682. The summed E-state index contributed by atoms with van der Waals surface area (Å²) >= 11 is 0. The molecule has 3 saturated carbocycles. The van der Waals surface area contributed by atoms with E-state index in [1.54, 1.807) is 16.7 Å². The first-order valence-corrected chi connectivity index (χ1v) is 9.74. The SMILES string of the molecule is CC1CC1c1ccc2c(c1)CC[C@@H]1[C@@H]2CC[C@]2(C)C(=O)CC[C@@H]12. The zero-order valence-corrected chi connectivity index (χ0v) is 14.5. The van der Waals surface area contributed by atoms with Gasteiger partial charge in [-0.15, -0.1) is 0 Å². The second-order valence-corrected chi connectivity index (χ2v) is 9.11. The smallest absolute Gasteiger partial charge is 0.139 e. The third-order valence-corrected chi connectivity index (χ3v) is 8.00. The molecule has 0 spiro atoms. The van der Waals surface area contributed by atoms with Gasteiger partial charge in [0.1, 0.15) is 5.78 Å². The van der Waals surface area contributed by atoms with Gasteiger partial charge in [0.15, 0.2) is 0 Å². The molecule has 0 radical (unpaired) electrons. The molecule has 0 N–H and O–H groups in total. The second kappa shape index (κ2) is 4.71. The van der Waals surface area contributed by atoms with Gasteiger partial charge in [-0.1, -0.05) is 32.0 Å². The molecule has 6 atom stereocenters. The van der Waals surface area contributed by atoms with E-state index in [1.807, 2.05) is 0 Å². The predicted molar refractivity (Wildman–Crippen MR) is 92.6 cm³/mol. The molecular formula is C22H28O. The van der Waals surface area contributed by atoms with Gasteiger partial charge in [-0.2, -0.15) is 0 Å². The number of aryl methyl sites for hydroxylation is 1. The van der Waals surface area contributed by atoms with E-state index in [4.69, 9.17) is 0 Å². The minimum Gasteiger partial charge on any atom is -0.299 e. The number of ketones is 1. The largest absolute Gasteiger partial charge is 0.299 e. The predicted octanol–water partition coefficient (Wildman–Crippen LogP) is 5.24. The van der Waals surface area contributed by atoms with E-state index >= 15 is 0 Å². The Morgan fingerprint density at radius 2 is 1.91 bits per heavy atom. The first kappa shape index (κ1) is 14.3. The Kier molecular flexibility index (Phi) is 2.92. The molecule has 2 unspecified atom stereocenters. The van der Waals surface area contributed by atoms with E-state index < -0.39 is 0 Å². The summed E-state index contributed by atoms with van der Waals surface area (Å²) in [4.78, 5) is 12.4. The average molecular weight is 308 g/mol. The molecule has 122 valence electrons. The van der Waals surface area contributed by atoms with Crippen molar-refractivity contribution in [1.82, 2.24) is 0 Å². The van der Waals surface area contributed by atoms with Crippen LogP contribution in [0, 0.1) is 23.2 Å². The summed E-state index contributed by atoms with van der Waals surface area (Å²) in [5.74, 6) is 4.44. The number of hydrogen-bond acceptors (Lipinski definition) is 1. The highest BCUT2D eigenvalue weighted by Gasteiger charge is 2.54. The van der Waals surface area contributed by atoms with Crippen molar-refractivity contribution in [1.29, 1.82) is 0 Å². The van der Waals surface area contributed by atoms with Crippen LogP contribution in [0.1, 0.15) is 80.9 Å². The lowest BCUT2D eigenvalue weighted by Gasteiger charge is -2.48. The Labute approximate surface area is 139 Å². The summed E-state index contributed by atoms with van der Waals surface area (Å²) in [7, 11) is 0. The molecule has 0 aliphatic heterocycles. The van der Waals surface area contributed by atoms with E-state index in [2.05, 4.69) is 32.0 Å². The molecule has 1 aromatic carbocycles. The van der Waals surface area contributed by atoms with Crippen LogP contribution >= 0.6 is 0 Å². The second-order valence-electron chi connectivity index (χ2n) is 9.11. The first-order valence-electron chi connectivity index (χ1n) is 9.74. The topological polar surface area (TPSA) is 17.1 Å². The van der Waals surface area contributed by atoms with Crippen LogP contribution in [0.3, 0.4) is 0 Å². The number of carbonyl (C=O) groups excluding carboxylic acids is 1.